The van der Waals surface area contributed by atoms with Crippen LogP contribution in [0, 0.1) is 5.92 Å². The number of rotatable bonds is 5. The van der Waals surface area contributed by atoms with Gasteiger partial charge in [-0.2, -0.15) is 11.8 Å². The third-order valence-corrected chi connectivity index (χ3v) is 6.68. The minimum Gasteiger partial charge on any atom is -0.374 e. The summed E-state index contributed by atoms with van der Waals surface area (Å²) in [6, 6.07) is 0.784. The Morgan fingerprint density at radius 3 is 3.14 bits per heavy atom. The van der Waals surface area contributed by atoms with Crippen molar-refractivity contribution in [1.29, 1.82) is 0 Å². The molecule has 3 rings (SSSR count). The van der Waals surface area contributed by atoms with Gasteiger partial charge >= 0.3 is 0 Å². The number of piperidine rings is 1. The van der Waals surface area contributed by atoms with Crippen LogP contribution in [0.25, 0.3) is 0 Å². The number of hydrogen-bond donors (Lipinski definition) is 1. The molecule has 0 aromatic heterocycles. The van der Waals surface area contributed by atoms with Crippen LogP contribution < -0.4 is 5.32 Å². The first kappa shape index (κ1) is 16.1. The fourth-order valence-corrected chi connectivity index (χ4v) is 5.63. The van der Waals surface area contributed by atoms with Crippen molar-refractivity contribution in [3.63, 3.8) is 0 Å². The molecule has 0 aromatic carbocycles. The molecular weight excluding hydrogens is 280 g/mol. The van der Waals surface area contributed by atoms with Crippen LogP contribution in [0.4, 0.5) is 0 Å². The summed E-state index contributed by atoms with van der Waals surface area (Å²) in [4.78, 5) is 2.80. The SMILES string of the molecule is CCCNCC1CCCN(C2CCOC3(CCSC3)C2)C1. The van der Waals surface area contributed by atoms with Crippen LogP contribution >= 0.6 is 11.8 Å². The van der Waals surface area contributed by atoms with Crippen molar-refractivity contribution in [3.05, 3.63) is 0 Å². The molecular formula is C17H32N2OS. The number of nitrogens with zero attached hydrogens (tertiary/aromatic N) is 1. The number of nitrogens with one attached hydrogen (secondary N) is 1. The molecule has 122 valence electrons. The Hall–Kier alpha value is 0.230. The summed E-state index contributed by atoms with van der Waals surface area (Å²) in [5, 5.41) is 3.62. The average Bonchev–Trinajstić information content (AvgIpc) is 2.96. The highest BCUT2D eigenvalue weighted by molar-refractivity contribution is 7.99. The normalized spacial score (nSPS) is 38.1. The van der Waals surface area contributed by atoms with Crippen LogP contribution in [0.1, 0.15) is 45.4 Å². The second kappa shape index (κ2) is 7.67. The lowest BCUT2D eigenvalue weighted by Gasteiger charge is -2.45. The van der Waals surface area contributed by atoms with Gasteiger partial charge in [-0.1, -0.05) is 6.92 Å². The van der Waals surface area contributed by atoms with Gasteiger partial charge in [0.15, 0.2) is 0 Å². The van der Waals surface area contributed by atoms with Crippen molar-refractivity contribution in [1.82, 2.24) is 10.2 Å². The van der Waals surface area contributed by atoms with Crippen LogP contribution in [0.5, 0.6) is 0 Å². The van der Waals surface area contributed by atoms with E-state index in [-0.39, 0.29) is 5.60 Å². The molecule has 0 amide bonds. The molecule has 1 N–H and O–H groups in total. The highest BCUT2D eigenvalue weighted by atomic mass is 32.2. The van der Waals surface area contributed by atoms with Gasteiger partial charge in [0.2, 0.25) is 0 Å². The van der Waals surface area contributed by atoms with E-state index in [2.05, 4.69) is 28.9 Å². The van der Waals surface area contributed by atoms with Gasteiger partial charge in [-0.15, -0.1) is 0 Å². The lowest BCUT2D eigenvalue weighted by molar-refractivity contribution is -0.0938. The van der Waals surface area contributed by atoms with E-state index in [1.807, 2.05) is 0 Å². The van der Waals surface area contributed by atoms with Gasteiger partial charge in [0.05, 0.1) is 5.60 Å². The van der Waals surface area contributed by atoms with Gasteiger partial charge in [0.1, 0.15) is 0 Å². The molecule has 3 heterocycles. The Labute approximate surface area is 134 Å². The molecule has 0 aliphatic carbocycles. The Kier molecular flexibility index (Phi) is 5.88. The molecule has 3 unspecified atom stereocenters. The topological polar surface area (TPSA) is 24.5 Å². The molecule has 21 heavy (non-hydrogen) atoms. The summed E-state index contributed by atoms with van der Waals surface area (Å²) in [6.07, 6.45) is 7.87. The van der Waals surface area contributed by atoms with Crippen LogP contribution in [0.2, 0.25) is 0 Å². The molecule has 0 radical (unpaired) electrons. The zero-order valence-electron chi connectivity index (χ0n) is 13.6. The first-order valence-electron chi connectivity index (χ1n) is 8.98. The zero-order valence-corrected chi connectivity index (χ0v) is 14.4. The maximum Gasteiger partial charge on any atom is 0.0795 e. The van der Waals surface area contributed by atoms with Crippen molar-refractivity contribution in [2.24, 2.45) is 5.92 Å². The van der Waals surface area contributed by atoms with Crippen LogP contribution in [-0.2, 0) is 4.74 Å². The van der Waals surface area contributed by atoms with Crippen molar-refractivity contribution in [2.75, 3.05) is 44.3 Å². The zero-order chi connectivity index (χ0) is 14.5. The summed E-state index contributed by atoms with van der Waals surface area (Å²) in [6.45, 7) is 8.26. The van der Waals surface area contributed by atoms with Crippen LogP contribution in [-0.4, -0.2) is 60.8 Å². The van der Waals surface area contributed by atoms with Gasteiger partial charge in [-0.3, -0.25) is 4.90 Å². The van der Waals surface area contributed by atoms with Crippen molar-refractivity contribution in [2.45, 2.75) is 57.1 Å². The predicted molar refractivity (Wildman–Crippen MR) is 91.1 cm³/mol. The van der Waals surface area contributed by atoms with Crippen molar-refractivity contribution < 1.29 is 4.74 Å². The van der Waals surface area contributed by atoms with E-state index in [0.717, 1.165) is 18.6 Å². The summed E-state index contributed by atoms with van der Waals surface area (Å²) in [5.41, 5.74) is 0.237. The first-order valence-corrected chi connectivity index (χ1v) is 10.1. The molecule has 3 saturated heterocycles. The van der Waals surface area contributed by atoms with E-state index in [1.165, 1.54) is 76.2 Å². The molecule has 0 saturated carbocycles. The highest BCUT2D eigenvalue weighted by Crippen LogP contribution is 2.40. The summed E-state index contributed by atoms with van der Waals surface area (Å²) in [7, 11) is 0. The fourth-order valence-electron chi connectivity index (χ4n) is 4.26. The molecule has 3 fully saturated rings. The second-order valence-electron chi connectivity index (χ2n) is 7.19. The number of thioether (sulfide) groups is 1. The maximum atomic E-state index is 6.19. The monoisotopic (exact) mass is 312 g/mol. The van der Waals surface area contributed by atoms with E-state index >= 15 is 0 Å². The van der Waals surface area contributed by atoms with E-state index in [1.54, 1.807) is 0 Å². The summed E-state index contributed by atoms with van der Waals surface area (Å²) in [5.74, 6) is 3.40. The highest BCUT2D eigenvalue weighted by Gasteiger charge is 2.42. The van der Waals surface area contributed by atoms with Crippen molar-refractivity contribution in [3.8, 4) is 0 Å². The summed E-state index contributed by atoms with van der Waals surface area (Å²) >= 11 is 2.09. The molecule has 0 bridgehead atoms. The van der Waals surface area contributed by atoms with E-state index < -0.39 is 0 Å². The Bertz CT molecular complexity index is 320. The third-order valence-electron chi connectivity index (χ3n) is 5.46. The molecule has 3 atom stereocenters. The molecule has 1 spiro atoms. The second-order valence-corrected chi connectivity index (χ2v) is 8.29. The smallest absolute Gasteiger partial charge is 0.0795 e. The predicted octanol–water partition coefficient (Wildman–Crippen LogP) is 2.75. The first-order chi connectivity index (χ1) is 10.3. The number of likely N-dealkylation sites (tertiary alicyclic amines) is 1. The lowest BCUT2D eigenvalue weighted by Crippen LogP contribution is -2.52. The van der Waals surface area contributed by atoms with Crippen LogP contribution in [0.15, 0.2) is 0 Å². The van der Waals surface area contributed by atoms with E-state index in [9.17, 15) is 0 Å². The molecule has 4 heteroatoms. The van der Waals surface area contributed by atoms with Gasteiger partial charge in [0, 0.05) is 24.9 Å². The van der Waals surface area contributed by atoms with Crippen molar-refractivity contribution >= 4 is 11.8 Å². The Morgan fingerprint density at radius 2 is 2.33 bits per heavy atom. The maximum absolute atomic E-state index is 6.19. The third kappa shape index (κ3) is 4.15. The summed E-state index contributed by atoms with van der Waals surface area (Å²) < 4.78 is 6.19. The standard InChI is InChI=1S/C17H32N2OS/c1-2-7-18-12-15-4-3-8-19(13-15)16-5-9-20-17(11-16)6-10-21-14-17/h15-16,18H,2-14H2,1H3. The largest absolute Gasteiger partial charge is 0.374 e. The average molecular weight is 313 g/mol. The minimum atomic E-state index is 0.237. The fraction of sp³-hybridized carbons (Fsp3) is 1.00. The van der Waals surface area contributed by atoms with Gasteiger partial charge in [-0.25, -0.2) is 0 Å². The van der Waals surface area contributed by atoms with Crippen LogP contribution in [0.3, 0.4) is 0 Å². The molecule has 0 aromatic rings. The minimum absolute atomic E-state index is 0.237. The number of hydrogen-bond acceptors (Lipinski definition) is 4. The van der Waals surface area contributed by atoms with E-state index in [4.69, 9.17) is 4.74 Å². The molecule has 3 aliphatic heterocycles. The van der Waals surface area contributed by atoms with Gasteiger partial charge < -0.3 is 10.1 Å². The quantitative estimate of drug-likeness (QED) is 0.789. The Morgan fingerprint density at radius 1 is 1.38 bits per heavy atom. The molecule has 3 nitrogen and oxygen atoms in total. The lowest BCUT2D eigenvalue weighted by atomic mass is 9.87. The molecule has 3 aliphatic rings. The van der Waals surface area contributed by atoms with Gasteiger partial charge in [0.25, 0.3) is 0 Å². The number of ether oxygens (including phenoxy) is 1. The van der Waals surface area contributed by atoms with Gasteiger partial charge in [-0.05, 0) is 69.8 Å². The van der Waals surface area contributed by atoms with E-state index in [0.29, 0.717) is 0 Å². The Balaban J connectivity index is 1.50.